The van der Waals surface area contributed by atoms with Gasteiger partial charge in [-0.05, 0) is 36.4 Å². The topological polar surface area (TPSA) is 112 Å². The lowest BCUT2D eigenvalue weighted by molar-refractivity contribution is 0.153. The van der Waals surface area contributed by atoms with Crippen LogP contribution in [-0.2, 0) is 10.0 Å². The van der Waals surface area contributed by atoms with Gasteiger partial charge in [0, 0.05) is 0 Å². The van der Waals surface area contributed by atoms with Gasteiger partial charge in [0.25, 0.3) is 10.0 Å². The molecule has 0 aromatic heterocycles. The number of para-hydroxylation sites is 2. The molecule has 0 atom stereocenters. The number of benzene rings is 3. The maximum Gasteiger partial charge on any atom is 0.430 e. The van der Waals surface area contributed by atoms with Crippen LogP contribution in [0, 0.1) is 0 Å². The molecule has 0 saturated heterocycles. The number of carbonyl (C=O) groups is 2. The van der Waals surface area contributed by atoms with Crippen LogP contribution in [0.5, 0.6) is 17.2 Å². The highest BCUT2D eigenvalue weighted by Gasteiger charge is 2.41. The second-order valence-corrected chi connectivity index (χ2v) is 7.99. The van der Waals surface area contributed by atoms with E-state index in [1.54, 1.807) is 36.4 Å². The van der Waals surface area contributed by atoms with Crippen molar-refractivity contribution in [2.24, 2.45) is 4.40 Å². The van der Waals surface area contributed by atoms with E-state index in [-0.39, 0.29) is 27.7 Å². The Hall–Kier alpha value is -4.18. The lowest BCUT2D eigenvalue weighted by atomic mass is 10.1. The molecule has 1 aliphatic rings. The molecule has 0 radical (unpaired) electrons. The Kier molecular flexibility index (Phi) is 5.61. The van der Waals surface area contributed by atoms with E-state index in [1.807, 2.05) is 0 Å². The maximum absolute atomic E-state index is 13.0. The van der Waals surface area contributed by atoms with Gasteiger partial charge < -0.3 is 14.2 Å². The third-order valence-electron chi connectivity index (χ3n) is 4.39. The summed E-state index contributed by atoms with van der Waals surface area (Å²) in [7, 11) is -2.87. The Morgan fingerprint density at radius 3 is 1.81 bits per heavy atom. The fourth-order valence-electron chi connectivity index (χ4n) is 3.00. The highest BCUT2D eigenvalue weighted by molar-refractivity contribution is 7.90. The van der Waals surface area contributed by atoms with Crippen LogP contribution < -0.4 is 14.2 Å². The Balaban J connectivity index is 1.80. The van der Waals surface area contributed by atoms with Crippen molar-refractivity contribution < 1.29 is 32.2 Å². The van der Waals surface area contributed by atoms with E-state index in [2.05, 4.69) is 4.40 Å². The van der Waals surface area contributed by atoms with Crippen LogP contribution in [0.1, 0.15) is 5.56 Å². The minimum absolute atomic E-state index is 0.0509. The van der Waals surface area contributed by atoms with E-state index in [9.17, 15) is 18.0 Å². The smallest absolute Gasteiger partial charge is 0.430 e. The molecular weight excluding hydrogens is 436 g/mol. The van der Waals surface area contributed by atoms with E-state index in [0.717, 1.165) is 0 Å². The summed E-state index contributed by atoms with van der Waals surface area (Å²) in [5, 5.41) is 0. The molecule has 2 amide bonds. The normalized spacial score (nSPS) is 13.5. The number of nitrogens with zero attached hydrogens (tertiary/aromatic N) is 2. The van der Waals surface area contributed by atoms with Gasteiger partial charge in [-0.1, -0.05) is 42.5 Å². The number of hydrogen-bond donors (Lipinski definition) is 0. The van der Waals surface area contributed by atoms with Gasteiger partial charge in [-0.25, -0.2) is 9.59 Å². The van der Waals surface area contributed by atoms with Gasteiger partial charge in [0.15, 0.2) is 5.84 Å². The SMILES string of the molecule is COc1cccc2c1C(N(C(=O)Oc1ccccc1)C(=O)Oc1ccccc1)=NS2(=O)=O. The molecule has 3 aromatic carbocycles. The number of ether oxygens (including phenoxy) is 3. The maximum atomic E-state index is 13.0. The van der Waals surface area contributed by atoms with Crippen LogP contribution >= 0.6 is 0 Å². The first-order valence-electron chi connectivity index (χ1n) is 9.27. The first kappa shape index (κ1) is 21.1. The number of fused-ring (bicyclic) bond motifs is 1. The molecule has 0 fully saturated rings. The summed E-state index contributed by atoms with van der Waals surface area (Å²) >= 11 is 0. The van der Waals surface area contributed by atoms with Crippen molar-refractivity contribution in [3.05, 3.63) is 84.4 Å². The second-order valence-electron chi connectivity index (χ2n) is 6.42. The van der Waals surface area contributed by atoms with E-state index < -0.39 is 28.0 Å². The lowest BCUT2D eigenvalue weighted by Gasteiger charge is -2.20. The summed E-state index contributed by atoms with van der Waals surface area (Å²) in [5.41, 5.74) is -0.0509. The Labute approximate surface area is 183 Å². The molecule has 9 nitrogen and oxygen atoms in total. The third-order valence-corrected chi connectivity index (χ3v) is 5.70. The zero-order valence-corrected chi connectivity index (χ0v) is 17.5. The highest BCUT2D eigenvalue weighted by atomic mass is 32.2. The van der Waals surface area contributed by atoms with Gasteiger partial charge in [0.1, 0.15) is 22.1 Å². The van der Waals surface area contributed by atoms with Crippen LogP contribution in [0.4, 0.5) is 9.59 Å². The molecule has 3 aromatic rings. The van der Waals surface area contributed by atoms with Crippen LogP contribution in [-0.4, -0.2) is 38.4 Å². The summed E-state index contributed by atoms with van der Waals surface area (Å²) < 4.78 is 44.7. The zero-order chi connectivity index (χ0) is 22.7. The molecule has 1 aliphatic heterocycles. The molecule has 0 unspecified atom stereocenters. The van der Waals surface area contributed by atoms with Crippen molar-refractivity contribution >= 4 is 28.0 Å². The number of hydrogen-bond acceptors (Lipinski definition) is 7. The molecule has 4 rings (SSSR count). The molecule has 0 saturated carbocycles. The number of carbonyl (C=O) groups excluding carboxylic acids is 2. The number of amidine groups is 1. The van der Waals surface area contributed by atoms with Crippen molar-refractivity contribution in [1.29, 1.82) is 0 Å². The van der Waals surface area contributed by atoms with Crippen molar-refractivity contribution in [1.82, 2.24) is 4.90 Å². The molecule has 0 bridgehead atoms. The number of amides is 2. The number of rotatable bonds is 3. The number of imide groups is 1. The van der Waals surface area contributed by atoms with Gasteiger partial charge >= 0.3 is 12.2 Å². The van der Waals surface area contributed by atoms with Gasteiger partial charge in [-0.2, -0.15) is 13.3 Å². The molecule has 1 heterocycles. The van der Waals surface area contributed by atoms with E-state index in [0.29, 0.717) is 4.90 Å². The van der Waals surface area contributed by atoms with Crippen molar-refractivity contribution in [3.8, 4) is 17.2 Å². The molecule has 0 aliphatic carbocycles. The highest BCUT2D eigenvalue weighted by Crippen LogP contribution is 2.35. The summed E-state index contributed by atoms with van der Waals surface area (Å²) in [6.07, 6.45) is -2.41. The Bertz CT molecular complexity index is 1250. The van der Waals surface area contributed by atoms with Gasteiger partial charge in [0.05, 0.1) is 12.7 Å². The molecule has 0 N–H and O–H groups in total. The fraction of sp³-hybridized carbons (Fsp3) is 0.0455. The Morgan fingerprint density at radius 1 is 0.781 bits per heavy atom. The first-order valence-corrected chi connectivity index (χ1v) is 10.7. The lowest BCUT2D eigenvalue weighted by Crippen LogP contribution is -2.45. The number of methoxy groups -OCH3 is 1. The zero-order valence-electron chi connectivity index (χ0n) is 16.7. The summed E-state index contributed by atoms with van der Waals surface area (Å²) in [6, 6.07) is 20.2. The van der Waals surface area contributed by atoms with Crippen LogP contribution in [0.25, 0.3) is 0 Å². The monoisotopic (exact) mass is 452 g/mol. The summed E-state index contributed by atoms with van der Waals surface area (Å²) in [5.74, 6) is -0.111. The second kappa shape index (κ2) is 8.52. The fourth-order valence-corrected chi connectivity index (χ4v) is 4.19. The predicted molar refractivity (Wildman–Crippen MR) is 113 cm³/mol. The predicted octanol–water partition coefficient (Wildman–Crippen LogP) is 3.84. The minimum atomic E-state index is -4.19. The quantitative estimate of drug-likeness (QED) is 0.593. The molecule has 0 spiro atoms. The van der Waals surface area contributed by atoms with E-state index in [4.69, 9.17) is 14.2 Å². The van der Waals surface area contributed by atoms with E-state index in [1.165, 1.54) is 49.6 Å². The van der Waals surface area contributed by atoms with Gasteiger partial charge in [-0.15, -0.1) is 4.40 Å². The molecule has 10 heteroatoms. The molecule has 162 valence electrons. The standard InChI is InChI=1S/C22H16N2O7S/c1-29-17-13-8-14-18-19(17)20(23-32(18,27)28)24(21(25)30-15-9-4-2-5-10-15)22(26)31-16-11-6-3-7-12-16/h2-14H,1H3. The van der Waals surface area contributed by atoms with E-state index >= 15 is 0 Å². The summed E-state index contributed by atoms with van der Waals surface area (Å²) in [6.45, 7) is 0. The van der Waals surface area contributed by atoms with Crippen molar-refractivity contribution in [2.75, 3.05) is 7.11 Å². The average Bonchev–Trinajstić information content (AvgIpc) is 3.06. The minimum Gasteiger partial charge on any atom is -0.496 e. The average molecular weight is 452 g/mol. The Morgan fingerprint density at radius 2 is 1.31 bits per heavy atom. The largest absolute Gasteiger partial charge is 0.496 e. The van der Waals surface area contributed by atoms with Crippen molar-refractivity contribution in [3.63, 3.8) is 0 Å². The van der Waals surface area contributed by atoms with Gasteiger partial charge in [-0.3, -0.25) is 0 Å². The molecule has 32 heavy (non-hydrogen) atoms. The van der Waals surface area contributed by atoms with Gasteiger partial charge in [0.2, 0.25) is 0 Å². The first-order chi connectivity index (χ1) is 15.4. The number of sulfonamides is 1. The van der Waals surface area contributed by atoms with Crippen LogP contribution in [0.2, 0.25) is 0 Å². The van der Waals surface area contributed by atoms with Crippen molar-refractivity contribution in [2.45, 2.75) is 4.90 Å². The summed E-state index contributed by atoms with van der Waals surface area (Å²) in [4.78, 5) is 26.3. The van der Waals surface area contributed by atoms with Crippen LogP contribution in [0.3, 0.4) is 0 Å². The molecular formula is C22H16N2O7S. The third kappa shape index (κ3) is 4.03. The van der Waals surface area contributed by atoms with Crippen LogP contribution in [0.15, 0.2) is 88.2 Å².